The monoisotopic (exact) mass is 271 g/mol. The zero-order chi connectivity index (χ0) is 13.3. The highest BCUT2D eigenvalue weighted by molar-refractivity contribution is 7.16. The first-order chi connectivity index (χ1) is 8.47. The number of β-amino-alcohol motifs (C(OH)–C–C–N with tert-alkyl or cyclic N) is 1. The number of likely N-dealkylation sites (tertiary alicyclic amines) is 1. The highest BCUT2D eigenvalue weighted by atomic mass is 32.1. The first-order valence-electron chi connectivity index (χ1n) is 5.70. The summed E-state index contributed by atoms with van der Waals surface area (Å²) in [7, 11) is 3.88. The summed E-state index contributed by atoms with van der Waals surface area (Å²) in [5.74, 6) is -0.201. The second-order valence-corrected chi connectivity index (χ2v) is 5.72. The Balaban J connectivity index is 2.12. The molecule has 0 aromatic carbocycles. The molecule has 1 aromatic heterocycles. The SMILES string of the molecule is CN(C)CC1CC(O)CN1C(=O)c1nnc(N)s1. The number of aromatic nitrogens is 2. The number of nitrogens with two attached hydrogens (primary N) is 1. The van der Waals surface area contributed by atoms with E-state index in [-0.39, 0.29) is 22.1 Å². The number of nitrogen functional groups attached to an aromatic ring is 1. The molecule has 2 rings (SSSR count). The Kier molecular flexibility index (Phi) is 3.79. The topological polar surface area (TPSA) is 95.6 Å². The number of hydrogen-bond donors (Lipinski definition) is 2. The van der Waals surface area contributed by atoms with Gasteiger partial charge in [-0.3, -0.25) is 4.79 Å². The molecule has 100 valence electrons. The number of hydrogen-bond acceptors (Lipinski definition) is 7. The molecule has 0 spiro atoms. The number of aliphatic hydroxyl groups excluding tert-OH is 1. The van der Waals surface area contributed by atoms with Gasteiger partial charge >= 0.3 is 0 Å². The molecule has 7 nitrogen and oxygen atoms in total. The molecule has 2 unspecified atom stereocenters. The van der Waals surface area contributed by atoms with Crippen molar-refractivity contribution in [2.45, 2.75) is 18.6 Å². The number of nitrogens with zero attached hydrogens (tertiary/aromatic N) is 4. The summed E-state index contributed by atoms with van der Waals surface area (Å²) in [6, 6.07) is 0.00706. The van der Waals surface area contributed by atoms with Crippen molar-refractivity contribution in [1.82, 2.24) is 20.0 Å². The molecule has 0 bridgehead atoms. The van der Waals surface area contributed by atoms with Gasteiger partial charge in [0.05, 0.1) is 6.10 Å². The molecule has 2 heterocycles. The first kappa shape index (κ1) is 13.2. The number of anilines is 1. The van der Waals surface area contributed by atoms with Crippen LogP contribution >= 0.6 is 11.3 Å². The third-order valence-electron chi connectivity index (χ3n) is 2.85. The Labute approximate surface area is 109 Å². The molecule has 0 radical (unpaired) electrons. The van der Waals surface area contributed by atoms with E-state index in [1.54, 1.807) is 4.90 Å². The Morgan fingerprint density at radius 1 is 1.61 bits per heavy atom. The van der Waals surface area contributed by atoms with E-state index in [2.05, 4.69) is 10.2 Å². The van der Waals surface area contributed by atoms with Gasteiger partial charge in [0, 0.05) is 19.1 Å². The summed E-state index contributed by atoms with van der Waals surface area (Å²) in [6.45, 7) is 1.06. The van der Waals surface area contributed by atoms with Crippen LogP contribution < -0.4 is 5.73 Å². The molecular weight excluding hydrogens is 254 g/mol. The molecular formula is C10H17N5O2S. The van der Waals surface area contributed by atoms with Gasteiger partial charge in [0.1, 0.15) is 0 Å². The van der Waals surface area contributed by atoms with Crippen LogP contribution in [0.15, 0.2) is 0 Å². The number of rotatable bonds is 3. The van der Waals surface area contributed by atoms with Gasteiger partial charge in [0.2, 0.25) is 10.1 Å². The maximum atomic E-state index is 12.2. The van der Waals surface area contributed by atoms with Crippen molar-refractivity contribution in [3.63, 3.8) is 0 Å². The van der Waals surface area contributed by atoms with Crippen LogP contribution in [0.3, 0.4) is 0 Å². The van der Waals surface area contributed by atoms with Crippen molar-refractivity contribution in [3.8, 4) is 0 Å². The molecule has 1 aliphatic heterocycles. The van der Waals surface area contributed by atoms with Crippen LogP contribution in [-0.4, -0.2) is 70.3 Å². The lowest BCUT2D eigenvalue weighted by atomic mass is 10.2. The Morgan fingerprint density at radius 3 is 2.89 bits per heavy atom. The summed E-state index contributed by atoms with van der Waals surface area (Å²) >= 11 is 1.07. The smallest absolute Gasteiger partial charge is 0.285 e. The molecule has 1 aliphatic rings. The average molecular weight is 271 g/mol. The van der Waals surface area contributed by atoms with Gasteiger partial charge in [0.25, 0.3) is 5.91 Å². The minimum atomic E-state index is -0.468. The molecule has 1 amide bonds. The van der Waals surface area contributed by atoms with Gasteiger partial charge in [-0.2, -0.15) is 0 Å². The first-order valence-corrected chi connectivity index (χ1v) is 6.51. The summed E-state index contributed by atoms with van der Waals surface area (Å²) < 4.78 is 0. The number of likely N-dealkylation sites (N-methyl/N-ethyl adjacent to an activating group) is 1. The quantitative estimate of drug-likeness (QED) is 0.751. The van der Waals surface area contributed by atoms with Gasteiger partial charge in [-0.1, -0.05) is 11.3 Å². The van der Waals surface area contributed by atoms with Crippen molar-refractivity contribution in [1.29, 1.82) is 0 Å². The van der Waals surface area contributed by atoms with E-state index in [4.69, 9.17) is 5.73 Å². The summed E-state index contributed by atoms with van der Waals surface area (Å²) in [4.78, 5) is 15.9. The predicted molar refractivity (Wildman–Crippen MR) is 68.3 cm³/mol. The number of carbonyl (C=O) groups excluding carboxylic acids is 1. The zero-order valence-electron chi connectivity index (χ0n) is 10.4. The van der Waals surface area contributed by atoms with E-state index < -0.39 is 6.10 Å². The molecule has 0 saturated carbocycles. The number of aliphatic hydroxyl groups is 1. The summed E-state index contributed by atoms with van der Waals surface area (Å²) in [5, 5.41) is 17.7. The van der Waals surface area contributed by atoms with E-state index in [0.717, 1.165) is 17.9 Å². The predicted octanol–water partition coefficient (Wildman–Crippen LogP) is -0.743. The average Bonchev–Trinajstić information content (AvgIpc) is 2.83. The summed E-state index contributed by atoms with van der Waals surface area (Å²) in [6.07, 6.45) is 0.127. The van der Waals surface area contributed by atoms with Crippen molar-refractivity contribution < 1.29 is 9.90 Å². The lowest BCUT2D eigenvalue weighted by Gasteiger charge is -2.25. The molecule has 3 N–H and O–H groups in total. The molecule has 18 heavy (non-hydrogen) atoms. The van der Waals surface area contributed by atoms with Crippen LogP contribution in [0.25, 0.3) is 0 Å². The lowest BCUT2D eigenvalue weighted by Crippen LogP contribution is -2.41. The minimum Gasteiger partial charge on any atom is -0.391 e. The Morgan fingerprint density at radius 2 is 2.33 bits per heavy atom. The molecule has 1 saturated heterocycles. The highest BCUT2D eigenvalue weighted by Crippen LogP contribution is 2.22. The standard InChI is InChI=1S/C10H17N5O2S/c1-14(2)4-6-3-7(16)5-15(6)9(17)8-12-13-10(11)18-8/h6-7,16H,3-5H2,1-2H3,(H2,11,13). The van der Waals surface area contributed by atoms with Crippen LogP contribution in [0.2, 0.25) is 0 Å². The second kappa shape index (κ2) is 5.17. The largest absolute Gasteiger partial charge is 0.391 e. The van der Waals surface area contributed by atoms with Crippen LogP contribution in [0.1, 0.15) is 16.2 Å². The molecule has 1 aromatic rings. The maximum Gasteiger partial charge on any atom is 0.285 e. The fourth-order valence-corrected chi connectivity index (χ4v) is 2.75. The third kappa shape index (κ3) is 2.77. The molecule has 0 aliphatic carbocycles. The van der Waals surface area contributed by atoms with E-state index in [1.165, 1.54) is 0 Å². The van der Waals surface area contributed by atoms with Gasteiger partial charge in [-0.15, -0.1) is 10.2 Å². The van der Waals surface area contributed by atoms with Gasteiger partial charge < -0.3 is 20.6 Å². The van der Waals surface area contributed by atoms with Gasteiger partial charge in [0.15, 0.2) is 0 Å². The Hall–Kier alpha value is -1.25. The van der Waals surface area contributed by atoms with Crippen LogP contribution in [0.5, 0.6) is 0 Å². The van der Waals surface area contributed by atoms with E-state index in [9.17, 15) is 9.90 Å². The molecule has 2 atom stereocenters. The fraction of sp³-hybridized carbons (Fsp3) is 0.700. The lowest BCUT2D eigenvalue weighted by molar-refractivity contribution is 0.0698. The van der Waals surface area contributed by atoms with Crippen LogP contribution in [0.4, 0.5) is 5.13 Å². The van der Waals surface area contributed by atoms with Crippen molar-refractivity contribution in [3.05, 3.63) is 5.01 Å². The number of carbonyl (C=O) groups is 1. The van der Waals surface area contributed by atoms with Crippen molar-refractivity contribution in [2.24, 2.45) is 0 Å². The molecule has 8 heteroatoms. The van der Waals surface area contributed by atoms with E-state index in [1.807, 2.05) is 19.0 Å². The van der Waals surface area contributed by atoms with Gasteiger partial charge in [-0.05, 0) is 20.5 Å². The van der Waals surface area contributed by atoms with Crippen molar-refractivity contribution in [2.75, 3.05) is 32.9 Å². The highest BCUT2D eigenvalue weighted by Gasteiger charge is 2.36. The third-order valence-corrected chi connectivity index (χ3v) is 3.59. The second-order valence-electron chi connectivity index (χ2n) is 4.71. The zero-order valence-corrected chi connectivity index (χ0v) is 11.2. The summed E-state index contributed by atoms with van der Waals surface area (Å²) in [5.41, 5.74) is 5.47. The molecule has 1 fully saturated rings. The fourth-order valence-electron chi connectivity index (χ4n) is 2.18. The maximum absolute atomic E-state index is 12.2. The Bertz CT molecular complexity index is 436. The van der Waals surface area contributed by atoms with E-state index in [0.29, 0.717) is 13.0 Å². The van der Waals surface area contributed by atoms with Gasteiger partial charge in [-0.25, -0.2) is 0 Å². The number of amides is 1. The van der Waals surface area contributed by atoms with Crippen LogP contribution in [-0.2, 0) is 0 Å². The van der Waals surface area contributed by atoms with E-state index >= 15 is 0 Å². The normalized spacial score (nSPS) is 23.9. The van der Waals surface area contributed by atoms with Crippen molar-refractivity contribution >= 4 is 22.4 Å². The van der Waals surface area contributed by atoms with Crippen LogP contribution in [0, 0.1) is 0 Å². The minimum absolute atomic E-state index is 0.00706.